The van der Waals surface area contributed by atoms with Gasteiger partial charge in [-0.15, -0.1) is 0 Å². The van der Waals surface area contributed by atoms with Gasteiger partial charge in [-0.3, -0.25) is 9.69 Å². The zero-order chi connectivity index (χ0) is 18.0. The highest BCUT2D eigenvalue weighted by atomic mass is 16.5. The van der Waals surface area contributed by atoms with Crippen molar-refractivity contribution in [2.45, 2.75) is 18.6 Å². The SMILES string of the molecule is CC(O)(C(=O)O)C1OCCN(c2cccc(-c3ccnnc3)n2)C1=O. The minimum Gasteiger partial charge on any atom is -0.479 e. The predicted molar refractivity (Wildman–Crippen MR) is 85.6 cm³/mol. The number of amides is 1. The van der Waals surface area contributed by atoms with E-state index in [1.165, 1.54) is 11.1 Å². The van der Waals surface area contributed by atoms with Gasteiger partial charge in [-0.2, -0.15) is 10.2 Å². The van der Waals surface area contributed by atoms with E-state index in [0.29, 0.717) is 11.5 Å². The minimum absolute atomic E-state index is 0.0859. The lowest BCUT2D eigenvalue weighted by atomic mass is 9.97. The lowest BCUT2D eigenvalue weighted by Crippen LogP contribution is -2.60. The van der Waals surface area contributed by atoms with E-state index in [9.17, 15) is 14.7 Å². The summed E-state index contributed by atoms with van der Waals surface area (Å²) >= 11 is 0. The molecule has 0 aliphatic carbocycles. The summed E-state index contributed by atoms with van der Waals surface area (Å²) in [5.41, 5.74) is -1.01. The molecule has 25 heavy (non-hydrogen) atoms. The molecular weight excluding hydrogens is 328 g/mol. The lowest BCUT2D eigenvalue weighted by Gasteiger charge is -2.36. The van der Waals surface area contributed by atoms with Crippen molar-refractivity contribution < 1.29 is 24.5 Å². The molecule has 2 aromatic heterocycles. The first-order valence-electron chi connectivity index (χ1n) is 7.54. The summed E-state index contributed by atoms with van der Waals surface area (Å²) in [6, 6.07) is 6.85. The number of anilines is 1. The summed E-state index contributed by atoms with van der Waals surface area (Å²) in [5.74, 6) is -1.85. The van der Waals surface area contributed by atoms with Crippen LogP contribution in [-0.2, 0) is 14.3 Å². The number of carbonyl (C=O) groups excluding carboxylic acids is 1. The van der Waals surface area contributed by atoms with Gasteiger partial charge in [-0.1, -0.05) is 6.07 Å². The average molecular weight is 344 g/mol. The average Bonchev–Trinajstić information content (AvgIpc) is 2.62. The highest BCUT2D eigenvalue weighted by Crippen LogP contribution is 2.25. The van der Waals surface area contributed by atoms with Gasteiger partial charge >= 0.3 is 5.97 Å². The van der Waals surface area contributed by atoms with Crippen molar-refractivity contribution in [3.8, 4) is 11.3 Å². The molecule has 0 spiro atoms. The summed E-state index contributed by atoms with van der Waals surface area (Å²) in [7, 11) is 0. The third-order valence-corrected chi connectivity index (χ3v) is 3.92. The Morgan fingerprint density at radius 2 is 2.16 bits per heavy atom. The zero-order valence-electron chi connectivity index (χ0n) is 13.4. The fourth-order valence-electron chi connectivity index (χ4n) is 2.50. The lowest BCUT2D eigenvalue weighted by molar-refractivity contribution is -0.180. The number of aromatic nitrogens is 3. The number of carboxylic acids is 1. The van der Waals surface area contributed by atoms with Crippen molar-refractivity contribution in [3.63, 3.8) is 0 Å². The van der Waals surface area contributed by atoms with Crippen LogP contribution in [0.5, 0.6) is 0 Å². The van der Waals surface area contributed by atoms with Crippen LogP contribution in [0.4, 0.5) is 5.82 Å². The monoisotopic (exact) mass is 344 g/mol. The van der Waals surface area contributed by atoms with Crippen LogP contribution >= 0.6 is 0 Å². The van der Waals surface area contributed by atoms with Gasteiger partial charge in [0.2, 0.25) is 0 Å². The van der Waals surface area contributed by atoms with Gasteiger partial charge in [-0.25, -0.2) is 9.78 Å². The molecule has 2 atom stereocenters. The van der Waals surface area contributed by atoms with E-state index in [4.69, 9.17) is 9.84 Å². The molecule has 0 bridgehead atoms. The molecule has 3 heterocycles. The number of hydrogen-bond acceptors (Lipinski definition) is 7. The van der Waals surface area contributed by atoms with E-state index in [0.717, 1.165) is 12.5 Å². The second-order valence-electron chi connectivity index (χ2n) is 5.71. The molecule has 0 saturated carbocycles. The largest absolute Gasteiger partial charge is 0.479 e. The Labute approximate surface area is 142 Å². The number of morpholine rings is 1. The summed E-state index contributed by atoms with van der Waals surface area (Å²) in [4.78, 5) is 29.6. The van der Waals surface area contributed by atoms with E-state index in [1.54, 1.807) is 30.5 Å². The van der Waals surface area contributed by atoms with Crippen molar-refractivity contribution in [1.82, 2.24) is 15.2 Å². The van der Waals surface area contributed by atoms with Crippen molar-refractivity contribution >= 4 is 17.7 Å². The number of carbonyl (C=O) groups is 2. The molecule has 2 unspecified atom stereocenters. The fourth-order valence-corrected chi connectivity index (χ4v) is 2.50. The number of aliphatic hydroxyl groups is 1. The van der Waals surface area contributed by atoms with Crippen LogP contribution in [0.15, 0.2) is 36.7 Å². The van der Waals surface area contributed by atoms with E-state index in [2.05, 4.69) is 15.2 Å². The Balaban J connectivity index is 1.91. The summed E-state index contributed by atoms with van der Waals surface area (Å²) in [6.45, 7) is 1.33. The van der Waals surface area contributed by atoms with Gasteiger partial charge in [-0.05, 0) is 25.1 Å². The van der Waals surface area contributed by atoms with Gasteiger partial charge in [0.05, 0.1) is 31.2 Å². The molecule has 0 radical (unpaired) electrons. The van der Waals surface area contributed by atoms with Crippen molar-refractivity contribution in [3.05, 3.63) is 36.7 Å². The highest BCUT2D eigenvalue weighted by Gasteiger charge is 2.48. The number of pyridine rings is 1. The molecule has 9 heteroatoms. The quantitative estimate of drug-likeness (QED) is 0.800. The maximum absolute atomic E-state index is 12.6. The molecule has 2 aromatic rings. The van der Waals surface area contributed by atoms with Crippen LogP contribution in [0, 0.1) is 0 Å². The van der Waals surface area contributed by atoms with Crippen LogP contribution < -0.4 is 4.90 Å². The number of ether oxygens (including phenoxy) is 1. The zero-order valence-corrected chi connectivity index (χ0v) is 13.4. The molecule has 2 N–H and O–H groups in total. The number of hydrogen-bond donors (Lipinski definition) is 2. The molecule has 1 aliphatic rings. The van der Waals surface area contributed by atoms with Gasteiger partial charge < -0.3 is 14.9 Å². The second-order valence-corrected chi connectivity index (χ2v) is 5.71. The van der Waals surface area contributed by atoms with Gasteiger partial charge in [0, 0.05) is 5.56 Å². The number of rotatable bonds is 4. The molecule has 1 saturated heterocycles. The van der Waals surface area contributed by atoms with Crippen molar-refractivity contribution in [2.75, 3.05) is 18.1 Å². The van der Waals surface area contributed by atoms with E-state index in [-0.39, 0.29) is 13.2 Å². The molecule has 1 amide bonds. The third-order valence-electron chi connectivity index (χ3n) is 3.92. The summed E-state index contributed by atoms with van der Waals surface area (Å²) in [5, 5.41) is 26.7. The molecule has 3 rings (SSSR count). The predicted octanol–water partition coefficient (Wildman–Crippen LogP) is 0.106. The topological polar surface area (TPSA) is 126 Å². The van der Waals surface area contributed by atoms with E-state index in [1.807, 2.05) is 0 Å². The smallest absolute Gasteiger partial charge is 0.338 e. The first-order chi connectivity index (χ1) is 11.9. The van der Waals surface area contributed by atoms with Crippen LogP contribution in [0.25, 0.3) is 11.3 Å². The molecule has 9 nitrogen and oxygen atoms in total. The molecule has 1 fully saturated rings. The normalized spacial score (nSPS) is 20.2. The van der Waals surface area contributed by atoms with Crippen LogP contribution in [0.3, 0.4) is 0 Å². The second kappa shape index (κ2) is 6.54. The minimum atomic E-state index is -2.33. The van der Waals surface area contributed by atoms with Crippen molar-refractivity contribution in [2.24, 2.45) is 0 Å². The van der Waals surface area contributed by atoms with Crippen LogP contribution in [0.2, 0.25) is 0 Å². The van der Waals surface area contributed by atoms with Crippen LogP contribution in [-0.4, -0.2) is 62.1 Å². The van der Waals surface area contributed by atoms with Gasteiger partial charge in [0.15, 0.2) is 11.7 Å². The standard InChI is InChI=1S/C16H16N4O5/c1-16(24,15(22)23)13-14(21)20(7-8-25-13)12-4-2-3-11(19-12)10-5-6-17-18-9-10/h2-6,9,13,24H,7-8H2,1H3,(H,22,23). The molecule has 130 valence electrons. The van der Waals surface area contributed by atoms with E-state index < -0.39 is 23.6 Å². The first kappa shape index (κ1) is 16.9. The van der Waals surface area contributed by atoms with Crippen LogP contribution in [0.1, 0.15) is 6.92 Å². The Hall–Kier alpha value is -2.91. The number of nitrogens with zero attached hydrogens (tertiary/aromatic N) is 4. The number of carboxylic acid groups (broad SMARTS) is 1. The summed E-state index contributed by atoms with van der Waals surface area (Å²) < 4.78 is 5.21. The Kier molecular flexibility index (Phi) is 4.43. The Morgan fingerprint density at radius 3 is 2.84 bits per heavy atom. The van der Waals surface area contributed by atoms with E-state index >= 15 is 0 Å². The Bertz CT molecular complexity index is 796. The maximum atomic E-state index is 12.6. The van der Waals surface area contributed by atoms with Crippen molar-refractivity contribution in [1.29, 1.82) is 0 Å². The van der Waals surface area contributed by atoms with Gasteiger partial charge in [0.25, 0.3) is 5.91 Å². The fraction of sp³-hybridized carbons (Fsp3) is 0.312. The number of aliphatic carboxylic acids is 1. The molecular formula is C16H16N4O5. The summed E-state index contributed by atoms with van der Waals surface area (Å²) in [6.07, 6.45) is 1.57. The highest BCUT2D eigenvalue weighted by molar-refractivity contribution is 6.00. The first-order valence-corrected chi connectivity index (χ1v) is 7.54. The molecule has 1 aliphatic heterocycles. The third kappa shape index (κ3) is 3.19. The Morgan fingerprint density at radius 1 is 1.36 bits per heavy atom. The maximum Gasteiger partial charge on any atom is 0.338 e. The van der Waals surface area contributed by atoms with Gasteiger partial charge in [0.1, 0.15) is 5.82 Å². The molecule has 0 aromatic carbocycles.